The number of rotatable bonds is 12. The molecule has 4 atom stereocenters. The molecule has 3 saturated heterocycles. The fourth-order valence-corrected chi connectivity index (χ4v) is 9.09. The number of fused-ring (bicyclic) bond motifs is 2. The van der Waals surface area contributed by atoms with E-state index in [2.05, 4.69) is 65.3 Å². The number of anilines is 2. The van der Waals surface area contributed by atoms with Crippen molar-refractivity contribution >= 4 is 84.7 Å². The Morgan fingerprint density at radius 3 is 1.68 bits per heavy atom. The van der Waals surface area contributed by atoms with E-state index in [0.29, 0.717) is 18.7 Å². The summed E-state index contributed by atoms with van der Waals surface area (Å²) in [6.07, 6.45) is 3.77. The van der Waals surface area contributed by atoms with Gasteiger partial charge < -0.3 is 44.5 Å². The third kappa shape index (κ3) is 10.2. The number of carbonyl (C=O) groups excluding carboxylic acids is 3. The number of hydrogen-bond acceptors (Lipinski definition) is 11. The monoisotopic (exact) mass is 922 g/mol. The molecule has 6 aromatic rings. The Morgan fingerprint density at radius 1 is 0.692 bits per heavy atom. The van der Waals surface area contributed by atoms with Crippen LogP contribution < -0.4 is 15.1 Å². The van der Waals surface area contributed by atoms with Crippen LogP contribution >= 0.6 is 27.0 Å². The number of aromatic nitrogens is 4. The summed E-state index contributed by atoms with van der Waals surface area (Å²) < 4.78 is 4.86. The molecule has 2 aromatic heterocycles. The van der Waals surface area contributed by atoms with Crippen LogP contribution in [0.4, 0.5) is 16.2 Å². The SMILES string of the molecule is C.COOC=N[C@@H](C(=O)N1CCC[C@H]1c1nc2ccc(N3CCN(c4ccc5nc([C@@H]6CCCN6C(=O)[C@@H](NC(=O)OC)c6ccccc6)[nH]c5c4)CC3)cc2[nH]1)c1ccccc1.S.S. The first kappa shape index (κ1) is 48.2. The number of hydrogen-bond donors (Lipinski definition) is 3. The van der Waals surface area contributed by atoms with Crippen LogP contribution in [0.25, 0.3) is 22.1 Å². The third-order valence-corrected chi connectivity index (χ3v) is 12.2. The number of imidazole rings is 2. The van der Waals surface area contributed by atoms with Gasteiger partial charge in [-0.1, -0.05) is 68.1 Å². The molecule has 3 amide bonds. The quantitative estimate of drug-likeness (QED) is 0.0486. The van der Waals surface area contributed by atoms with Gasteiger partial charge >= 0.3 is 6.09 Å². The van der Waals surface area contributed by atoms with Crippen LogP contribution in [0.15, 0.2) is 102 Å². The molecule has 0 spiro atoms. The molecule has 3 fully saturated rings. The van der Waals surface area contributed by atoms with Crippen LogP contribution in [-0.2, 0) is 24.1 Å². The van der Waals surface area contributed by atoms with Gasteiger partial charge in [0.15, 0.2) is 6.04 Å². The maximum atomic E-state index is 14.0. The van der Waals surface area contributed by atoms with E-state index in [0.717, 1.165) is 103 Å². The molecule has 0 saturated carbocycles. The second-order valence-electron chi connectivity index (χ2n) is 15.8. The summed E-state index contributed by atoms with van der Waals surface area (Å²) in [5, 5.41) is 2.74. The largest absolute Gasteiger partial charge is 0.453 e. The van der Waals surface area contributed by atoms with Crippen LogP contribution in [0.1, 0.15) is 80.1 Å². The highest BCUT2D eigenvalue weighted by Gasteiger charge is 2.38. The van der Waals surface area contributed by atoms with Crippen LogP contribution in [0.5, 0.6) is 0 Å². The molecule has 0 radical (unpaired) electrons. The van der Waals surface area contributed by atoms with E-state index in [1.54, 1.807) is 0 Å². The molecule has 16 nitrogen and oxygen atoms in total. The minimum absolute atomic E-state index is 0. The summed E-state index contributed by atoms with van der Waals surface area (Å²) in [6, 6.07) is 29.3. The van der Waals surface area contributed by atoms with E-state index in [1.165, 1.54) is 20.6 Å². The molecule has 9 rings (SSSR count). The zero-order valence-corrected chi connectivity index (χ0v) is 37.8. The van der Waals surface area contributed by atoms with Gasteiger partial charge in [-0.05, 0) is 73.2 Å². The number of benzene rings is 4. The zero-order chi connectivity index (χ0) is 42.6. The number of aromatic amines is 2. The number of ether oxygens (including phenoxy) is 1. The van der Waals surface area contributed by atoms with Crippen molar-refractivity contribution in [2.45, 2.75) is 57.3 Å². The Morgan fingerprint density at radius 2 is 1.18 bits per heavy atom. The van der Waals surface area contributed by atoms with Crippen LogP contribution in [0.3, 0.4) is 0 Å². The van der Waals surface area contributed by atoms with Crippen molar-refractivity contribution in [1.29, 1.82) is 0 Å². The number of aliphatic imine (C=N–C) groups is 1. The van der Waals surface area contributed by atoms with Crippen molar-refractivity contribution in [1.82, 2.24) is 35.1 Å². The molecule has 0 unspecified atom stereocenters. The lowest BCUT2D eigenvalue weighted by Gasteiger charge is -2.37. The van der Waals surface area contributed by atoms with Gasteiger partial charge in [-0.3, -0.25) is 9.59 Å². The summed E-state index contributed by atoms with van der Waals surface area (Å²) in [7, 11) is 2.68. The number of methoxy groups -OCH3 is 1. The second-order valence-corrected chi connectivity index (χ2v) is 15.8. The predicted octanol–water partition coefficient (Wildman–Crippen LogP) is 7.40. The van der Waals surface area contributed by atoms with Crippen molar-refractivity contribution in [2.75, 3.05) is 63.3 Å². The standard InChI is InChI=1S/C46H50N10O6.CH4.2H2S/c1-60-46(59)52-41(31-13-7-4-8-14-31)45(58)56-22-10-16-39(56)43-49-35-20-18-33(28-37(35)51-43)54-25-23-53(24-26-54)32-17-19-34-36(27-32)50-42(48-34)38-15-9-21-55(38)44(57)40(47-29-62-61-2)30-11-5-3-6-12-30;;;/h3-8,11-14,17-20,27-29,38-41H,9-10,15-16,21-26H2,1-2H3,(H,48,50)(H,49,51)(H,52,59);1H4;2*1H2/t38-,39-,40+,41-;;;/m0.../s1. The third-order valence-electron chi connectivity index (χ3n) is 12.2. The minimum atomic E-state index is -0.875. The van der Waals surface area contributed by atoms with Crippen molar-refractivity contribution in [2.24, 2.45) is 4.99 Å². The highest BCUT2D eigenvalue weighted by molar-refractivity contribution is 7.59. The first-order valence-electron chi connectivity index (χ1n) is 21.1. The molecular formula is C47H58N10O6S2. The van der Waals surface area contributed by atoms with Gasteiger partial charge in [-0.15, -0.1) is 0 Å². The Labute approximate surface area is 392 Å². The Hall–Kier alpha value is -6.24. The minimum Gasteiger partial charge on any atom is -0.453 e. The molecule has 18 heteroatoms. The van der Waals surface area contributed by atoms with Gasteiger partial charge in [0.05, 0.1) is 48.4 Å². The Bertz CT molecular complexity index is 2570. The molecule has 5 heterocycles. The summed E-state index contributed by atoms with van der Waals surface area (Å²) in [4.78, 5) is 79.8. The molecule has 3 aliphatic heterocycles. The van der Waals surface area contributed by atoms with Crippen molar-refractivity contribution in [3.8, 4) is 0 Å². The van der Waals surface area contributed by atoms with E-state index in [-0.39, 0.29) is 58.3 Å². The Balaban J connectivity index is 0.00000233. The van der Waals surface area contributed by atoms with E-state index >= 15 is 0 Å². The molecule has 3 aliphatic rings. The number of likely N-dealkylation sites (tertiary alicyclic amines) is 2. The van der Waals surface area contributed by atoms with Crippen molar-refractivity contribution in [3.05, 3.63) is 120 Å². The fourth-order valence-electron chi connectivity index (χ4n) is 9.09. The van der Waals surface area contributed by atoms with Gasteiger partial charge in [0.25, 0.3) is 11.8 Å². The number of alkyl carbamates (subject to hydrolysis) is 1. The highest BCUT2D eigenvalue weighted by Crippen LogP contribution is 2.37. The van der Waals surface area contributed by atoms with Crippen molar-refractivity contribution in [3.63, 3.8) is 0 Å². The first-order chi connectivity index (χ1) is 30.4. The van der Waals surface area contributed by atoms with Crippen molar-refractivity contribution < 1.29 is 28.9 Å². The number of amides is 3. The molecule has 344 valence electrons. The molecular weight excluding hydrogens is 865 g/mol. The molecule has 3 N–H and O–H groups in total. The number of piperazine rings is 1. The Kier molecular flexibility index (Phi) is 16.0. The van der Waals surface area contributed by atoms with E-state index < -0.39 is 18.2 Å². The summed E-state index contributed by atoms with van der Waals surface area (Å²) in [5.41, 5.74) is 7.23. The summed E-state index contributed by atoms with van der Waals surface area (Å²) in [6.45, 7) is 4.50. The van der Waals surface area contributed by atoms with E-state index in [1.807, 2.05) is 76.5 Å². The lowest BCUT2D eigenvalue weighted by Crippen LogP contribution is -2.46. The predicted molar refractivity (Wildman–Crippen MR) is 262 cm³/mol. The molecule has 65 heavy (non-hydrogen) atoms. The number of nitrogens with zero attached hydrogens (tertiary/aromatic N) is 7. The van der Waals surface area contributed by atoms with Gasteiger partial charge in [0, 0.05) is 50.6 Å². The molecule has 4 aromatic carbocycles. The van der Waals surface area contributed by atoms with Crippen LogP contribution in [0, 0.1) is 0 Å². The number of H-pyrrole nitrogens is 2. The average Bonchev–Trinajstić information content (AvgIpc) is 4.15. The summed E-state index contributed by atoms with van der Waals surface area (Å²) in [5.74, 6) is 1.20. The number of carbonyl (C=O) groups is 3. The van der Waals surface area contributed by atoms with Gasteiger partial charge in [0.1, 0.15) is 17.7 Å². The van der Waals surface area contributed by atoms with Crippen LogP contribution in [0.2, 0.25) is 0 Å². The second kappa shape index (κ2) is 21.6. The van der Waals surface area contributed by atoms with E-state index in [4.69, 9.17) is 19.6 Å². The van der Waals surface area contributed by atoms with Gasteiger partial charge in [-0.25, -0.2) is 19.8 Å². The highest BCUT2D eigenvalue weighted by atomic mass is 32.1. The van der Waals surface area contributed by atoms with Crippen LogP contribution in [-0.4, -0.2) is 108 Å². The topological polar surface area (TPSA) is 174 Å². The lowest BCUT2D eigenvalue weighted by molar-refractivity contribution is -0.188. The maximum Gasteiger partial charge on any atom is 0.407 e. The summed E-state index contributed by atoms with van der Waals surface area (Å²) >= 11 is 0. The molecule has 0 aliphatic carbocycles. The van der Waals surface area contributed by atoms with E-state index in [9.17, 15) is 14.4 Å². The normalized spacial score (nSPS) is 18.2. The van der Waals surface area contributed by atoms with Gasteiger partial charge in [0.2, 0.25) is 6.40 Å². The number of nitrogens with one attached hydrogen (secondary N) is 3. The lowest BCUT2D eigenvalue weighted by atomic mass is 10.1. The average molecular weight is 923 g/mol. The first-order valence-corrected chi connectivity index (χ1v) is 21.1. The fraction of sp³-hybridized carbons (Fsp3) is 0.362. The molecule has 0 bridgehead atoms. The maximum absolute atomic E-state index is 14.0. The smallest absolute Gasteiger partial charge is 0.407 e. The van der Waals surface area contributed by atoms with Gasteiger partial charge in [-0.2, -0.15) is 31.9 Å². The zero-order valence-electron chi connectivity index (χ0n) is 35.8.